The molecule has 2 aliphatic rings. The molecule has 18 heavy (non-hydrogen) atoms. The first-order valence-corrected chi connectivity index (χ1v) is 6.06. The Labute approximate surface area is 105 Å². The first-order valence-electron chi connectivity index (χ1n) is 6.06. The first-order chi connectivity index (χ1) is 8.50. The van der Waals surface area contributed by atoms with E-state index in [1.54, 1.807) is 9.80 Å². The van der Waals surface area contributed by atoms with Crippen LogP contribution in [0.2, 0.25) is 0 Å². The monoisotopic (exact) mass is 254 g/mol. The van der Waals surface area contributed by atoms with Crippen LogP contribution in [0.5, 0.6) is 0 Å². The molecule has 1 unspecified atom stereocenters. The van der Waals surface area contributed by atoms with E-state index in [4.69, 9.17) is 5.73 Å². The van der Waals surface area contributed by atoms with Crippen LogP contribution in [-0.2, 0) is 14.4 Å². The molecule has 0 aromatic carbocycles. The maximum absolute atomic E-state index is 12.2. The minimum Gasteiger partial charge on any atom is -0.368 e. The average Bonchev–Trinajstić information content (AvgIpc) is 2.26. The molecule has 3 N–H and O–H groups in total. The minimum atomic E-state index is -0.572. The quantitative estimate of drug-likeness (QED) is 0.582. The predicted molar refractivity (Wildman–Crippen MR) is 63.3 cm³/mol. The number of hydrogen-bond acceptors (Lipinski definition) is 4. The molecule has 2 aliphatic heterocycles. The van der Waals surface area contributed by atoms with Crippen LogP contribution in [0.15, 0.2) is 0 Å². The topological polar surface area (TPSA) is 95.7 Å². The molecule has 1 atom stereocenters. The van der Waals surface area contributed by atoms with Gasteiger partial charge in [0.25, 0.3) is 0 Å². The van der Waals surface area contributed by atoms with E-state index >= 15 is 0 Å². The van der Waals surface area contributed by atoms with Crippen molar-refractivity contribution in [3.05, 3.63) is 0 Å². The fourth-order valence-corrected chi connectivity index (χ4v) is 2.35. The summed E-state index contributed by atoms with van der Waals surface area (Å²) >= 11 is 0. The highest BCUT2D eigenvalue weighted by Crippen LogP contribution is 2.20. The van der Waals surface area contributed by atoms with Crippen LogP contribution >= 0.6 is 0 Å². The van der Waals surface area contributed by atoms with Gasteiger partial charge in [0.15, 0.2) is 0 Å². The van der Waals surface area contributed by atoms with Crippen LogP contribution in [0.4, 0.5) is 0 Å². The first kappa shape index (κ1) is 12.8. The second kappa shape index (κ2) is 4.93. The van der Waals surface area contributed by atoms with Crippen molar-refractivity contribution in [2.45, 2.75) is 13.0 Å². The number of likely N-dealkylation sites (tertiary alicyclic amines) is 1. The van der Waals surface area contributed by atoms with Crippen molar-refractivity contribution in [2.75, 3.05) is 32.7 Å². The van der Waals surface area contributed by atoms with Crippen LogP contribution in [0.1, 0.15) is 6.92 Å². The lowest BCUT2D eigenvalue weighted by atomic mass is 9.97. The third kappa shape index (κ3) is 2.31. The molecule has 0 aromatic rings. The summed E-state index contributed by atoms with van der Waals surface area (Å²) in [5.74, 6) is -0.768. The second-order valence-corrected chi connectivity index (χ2v) is 4.77. The maximum Gasteiger partial charge on any atom is 0.241 e. The Morgan fingerprint density at radius 1 is 1.28 bits per heavy atom. The van der Waals surface area contributed by atoms with Crippen LogP contribution in [0, 0.1) is 5.92 Å². The second-order valence-electron chi connectivity index (χ2n) is 4.77. The molecule has 0 spiro atoms. The highest BCUT2D eigenvalue weighted by molar-refractivity contribution is 5.89. The van der Waals surface area contributed by atoms with Gasteiger partial charge in [-0.2, -0.15) is 0 Å². The van der Waals surface area contributed by atoms with Crippen molar-refractivity contribution >= 4 is 17.7 Å². The lowest BCUT2D eigenvalue weighted by Crippen LogP contribution is -2.63. The van der Waals surface area contributed by atoms with Crippen molar-refractivity contribution < 1.29 is 14.4 Å². The lowest BCUT2D eigenvalue weighted by molar-refractivity contribution is -0.152. The average molecular weight is 254 g/mol. The Morgan fingerprint density at radius 3 is 2.50 bits per heavy atom. The fraction of sp³-hybridized carbons (Fsp3) is 0.727. The van der Waals surface area contributed by atoms with Crippen LogP contribution in [0.25, 0.3) is 0 Å². The maximum atomic E-state index is 12.2. The number of carbonyl (C=O) groups excluding carboxylic acids is 3. The molecule has 0 saturated carbocycles. The zero-order valence-electron chi connectivity index (χ0n) is 10.4. The van der Waals surface area contributed by atoms with Gasteiger partial charge in [-0.05, 0) is 0 Å². The molecular weight excluding hydrogens is 236 g/mol. The van der Waals surface area contributed by atoms with Gasteiger partial charge in [0, 0.05) is 39.6 Å². The van der Waals surface area contributed by atoms with E-state index in [9.17, 15) is 14.4 Å². The van der Waals surface area contributed by atoms with E-state index < -0.39 is 11.9 Å². The number of hydrogen-bond donors (Lipinski definition) is 2. The largest absolute Gasteiger partial charge is 0.368 e. The summed E-state index contributed by atoms with van der Waals surface area (Å²) in [6, 6.07) is -0.572. The van der Waals surface area contributed by atoms with Gasteiger partial charge >= 0.3 is 0 Å². The van der Waals surface area contributed by atoms with E-state index in [-0.39, 0.29) is 17.7 Å². The Balaban J connectivity index is 1.96. The zero-order chi connectivity index (χ0) is 13.3. The van der Waals surface area contributed by atoms with Crippen molar-refractivity contribution in [1.82, 2.24) is 15.1 Å². The molecule has 0 bridgehead atoms. The summed E-state index contributed by atoms with van der Waals surface area (Å²) in [6.45, 7) is 3.94. The third-order valence-electron chi connectivity index (χ3n) is 3.53. The van der Waals surface area contributed by atoms with Gasteiger partial charge in [-0.25, -0.2) is 0 Å². The Morgan fingerprint density at radius 2 is 1.94 bits per heavy atom. The standard InChI is InChI=1S/C11H18N4O3/c1-7(16)14-5-8(6-14)11(18)15-3-2-13-4-9(15)10(12)17/h8-9,13H,2-6H2,1H3,(H2,12,17). The molecular formula is C11H18N4O3. The van der Waals surface area contributed by atoms with E-state index in [0.29, 0.717) is 32.7 Å². The van der Waals surface area contributed by atoms with Crippen molar-refractivity contribution in [3.63, 3.8) is 0 Å². The third-order valence-corrected chi connectivity index (χ3v) is 3.53. The number of nitrogens with two attached hydrogens (primary N) is 1. The van der Waals surface area contributed by atoms with Gasteiger partial charge in [0.2, 0.25) is 17.7 Å². The Hall–Kier alpha value is -1.63. The number of piperazine rings is 1. The zero-order valence-corrected chi connectivity index (χ0v) is 10.4. The normalized spacial score (nSPS) is 24.6. The molecule has 0 aliphatic carbocycles. The molecule has 2 heterocycles. The van der Waals surface area contributed by atoms with Crippen molar-refractivity contribution in [3.8, 4) is 0 Å². The number of carbonyl (C=O) groups is 3. The number of primary amides is 1. The Kier molecular flexibility index (Phi) is 3.51. The molecule has 7 nitrogen and oxygen atoms in total. The molecule has 2 saturated heterocycles. The van der Waals surface area contributed by atoms with Crippen molar-refractivity contribution in [2.24, 2.45) is 11.7 Å². The molecule has 7 heteroatoms. The van der Waals surface area contributed by atoms with Crippen LogP contribution in [0.3, 0.4) is 0 Å². The summed E-state index contributed by atoms with van der Waals surface area (Å²) in [6.07, 6.45) is 0. The van der Waals surface area contributed by atoms with Gasteiger partial charge in [-0.1, -0.05) is 0 Å². The number of nitrogens with zero attached hydrogens (tertiary/aromatic N) is 2. The van der Waals surface area contributed by atoms with Gasteiger partial charge in [-0.15, -0.1) is 0 Å². The fourth-order valence-electron chi connectivity index (χ4n) is 2.35. The molecule has 3 amide bonds. The summed E-state index contributed by atoms with van der Waals surface area (Å²) < 4.78 is 0. The van der Waals surface area contributed by atoms with Crippen LogP contribution < -0.4 is 11.1 Å². The van der Waals surface area contributed by atoms with Gasteiger partial charge in [0.1, 0.15) is 6.04 Å². The van der Waals surface area contributed by atoms with Gasteiger partial charge in [0.05, 0.1) is 5.92 Å². The number of amides is 3. The highest BCUT2D eigenvalue weighted by atomic mass is 16.2. The van der Waals surface area contributed by atoms with E-state index in [1.165, 1.54) is 6.92 Å². The molecule has 2 fully saturated rings. The van der Waals surface area contributed by atoms with Gasteiger partial charge < -0.3 is 20.9 Å². The molecule has 0 radical (unpaired) electrons. The van der Waals surface area contributed by atoms with E-state index in [1.807, 2.05) is 0 Å². The Bertz CT molecular complexity index is 378. The lowest BCUT2D eigenvalue weighted by Gasteiger charge is -2.43. The number of nitrogens with one attached hydrogen (secondary N) is 1. The van der Waals surface area contributed by atoms with Crippen molar-refractivity contribution in [1.29, 1.82) is 0 Å². The van der Waals surface area contributed by atoms with E-state index in [2.05, 4.69) is 5.32 Å². The SMILES string of the molecule is CC(=O)N1CC(C(=O)N2CCNCC2C(N)=O)C1. The summed E-state index contributed by atoms with van der Waals surface area (Å²) in [4.78, 5) is 37.7. The summed E-state index contributed by atoms with van der Waals surface area (Å²) in [5, 5.41) is 3.04. The summed E-state index contributed by atoms with van der Waals surface area (Å²) in [5.41, 5.74) is 5.29. The molecule has 100 valence electrons. The minimum absolute atomic E-state index is 0.0224. The smallest absolute Gasteiger partial charge is 0.241 e. The van der Waals surface area contributed by atoms with E-state index in [0.717, 1.165) is 0 Å². The molecule has 0 aromatic heterocycles. The summed E-state index contributed by atoms with van der Waals surface area (Å²) in [7, 11) is 0. The van der Waals surface area contributed by atoms with Crippen LogP contribution in [-0.4, -0.2) is 66.3 Å². The number of rotatable bonds is 2. The van der Waals surface area contributed by atoms with Gasteiger partial charge in [-0.3, -0.25) is 14.4 Å². The highest BCUT2D eigenvalue weighted by Gasteiger charge is 2.40. The molecule has 2 rings (SSSR count). The predicted octanol–water partition coefficient (Wildman–Crippen LogP) is -2.25.